The van der Waals surface area contributed by atoms with Gasteiger partial charge < -0.3 is 10.6 Å². The van der Waals surface area contributed by atoms with Crippen LogP contribution in [-0.2, 0) is 6.54 Å². The van der Waals surface area contributed by atoms with Gasteiger partial charge in [-0.1, -0.05) is 37.6 Å². The van der Waals surface area contributed by atoms with Crippen molar-refractivity contribution in [1.29, 1.82) is 0 Å². The zero-order valence-corrected chi connectivity index (χ0v) is 11.1. The van der Waals surface area contributed by atoms with E-state index >= 15 is 0 Å². The monoisotopic (exact) mass is 240 g/mol. The largest absolute Gasteiger partial charge is 0.313 e. The second-order valence-electron chi connectivity index (χ2n) is 4.37. The van der Waals surface area contributed by atoms with E-state index in [2.05, 4.69) is 36.6 Å². The van der Waals surface area contributed by atoms with Crippen molar-refractivity contribution in [3.8, 4) is 0 Å². The Balaban J connectivity index is 2.24. The zero-order chi connectivity index (χ0) is 12.0. The molecule has 0 heterocycles. The summed E-state index contributed by atoms with van der Waals surface area (Å²) in [5.41, 5.74) is 2.37. The van der Waals surface area contributed by atoms with E-state index in [1.807, 2.05) is 13.0 Å². The van der Waals surface area contributed by atoms with Crippen LogP contribution >= 0.6 is 11.6 Å². The number of benzene rings is 1. The Hall–Kier alpha value is -0.570. The number of nitrogens with one attached hydrogen (secondary N) is 2. The molecule has 0 saturated heterocycles. The minimum Gasteiger partial charge on any atom is -0.313 e. The van der Waals surface area contributed by atoms with Gasteiger partial charge >= 0.3 is 0 Å². The molecule has 90 valence electrons. The summed E-state index contributed by atoms with van der Waals surface area (Å²) in [7, 11) is 0. The topological polar surface area (TPSA) is 24.1 Å². The fourth-order valence-electron chi connectivity index (χ4n) is 1.43. The summed E-state index contributed by atoms with van der Waals surface area (Å²) < 4.78 is 0. The zero-order valence-electron chi connectivity index (χ0n) is 10.3. The number of hydrogen-bond donors (Lipinski definition) is 2. The van der Waals surface area contributed by atoms with Crippen LogP contribution in [0.3, 0.4) is 0 Å². The molecule has 0 aliphatic rings. The fraction of sp³-hybridized carbons (Fsp3) is 0.538. The van der Waals surface area contributed by atoms with Gasteiger partial charge in [0.15, 0.2) is 0 Å². The lowest BCUT2D eigenvalue weighted by molar-refractivity contribution is 0.555. The second kappa shape index (κ2) is 6.89. The molecule has 1 aromatic carbocycles. The molecule has 1 aromatic rings. The maximum Gasteiger partial charge on any atom is 0.0438 e. The molecule has 0 amide bonds. The van der Waals surface area contributed by atoms with Gasteiger partial charge in [0.05, 0.1) is 0 Å². The highest BCUT2D eigenvalue weighted by Crippen LogP contribution is 2.16. The Bertz CT molecular complexity index is 324. The Morgan fingerprint density at radius 1 is 1.25 bits per heavy atom. The summed E-state index contributed by atoms with van der Waals surface area (Å²) in [6.07, 6.45) is 0. The van der Waals surface area contributed by atoms with Gasteiger partial charge in [0, 0.05) is 30.7 Å². The smallest absolute Gasteiger partial charge is 0.0438 e. The molecule has 0 atom stereocenters. The number of rotatable bonds is 6. The third-order valence-electron chi connectivity index (χ3n) is 2.42. The van der Waals surface area contributed by atoms with Crippen molar-refractivity contribution in [1.82, 2.24) is 10.6 Å². The van der Waals surface area contributed by atoms with Crippen molar-refractivity contribution < 1.29 is 0 Å². The molecule has 0 aliphatic carbocycles. The third kappa shape index (κ3) is 4.97. The van der Waals surface area contributed by atoms with E-state index in [9.17, 15) is 0 Å². The molecular formula is C13H21ClN2. The standard InChI is InChI=1S/C13H21ClN2/c1-10(2)16-7-6-15-9-12-5-4-11(3)13(14)8-12/h4-5,8,10,15-16H,6-7,9H2,1-3H3. The average Bonchev–Trinajstić information content (AvgIpc) is 2.22. The Morgan fingerprint density at radius 3 is 2.62 bits per heavy atom. The van der Waals surface area contributed by atoms with Crippen molar-refractivity contribution in [2.24, 2.45) is 0 Å². The molecule has 0 saturated carbocycles. The van der Waals surface area contributed by atoms with E-state index in [1.54, 1.807) is 0 Å². The lowest BCUT2D eigenvalue weighted by Gasteiger charge is -2.09. The van der Waals surface area contributed by atoms with E-state index < -0.39 is 0 Å². The summed E-state index contributed by atoms with van der Waals surface area (Å²) in [6, 6.07) is 6.76. The predicted octanol–water partition coefficient (Wildman–Crippen LogP) is 2.74. The van der Waals surface area contributed by atoms with Crippen LogP contribution in [0.1, 0.15) is 25.0 Å². The minimum atomic E-state index is 0.551. The van der Waals surface area contributed by atoms with Crippen LogP contribution in [-0.4, -0.2) is 19.1 Å². The first-order chi connectivity index (χ1) is 7.59. The molecule has 0 unspecified atom stereocenters. The Labute approximate surface area is 103 Å². The fourth-order valence-corrected chi connectivity index (χ4v) is 1.63. The van der Waals surface area contributed by atoms with E-state index in [1.165, 1.54) is 5.56 Å². The van der Waals surface area contributed by atoms with Crippen LogP contribution in [0.5, 0.6) is 0 Å². The van der Waals surface area contributed by atoms with Crippen molar-refractivity contribution in [2.75, 3.05) is 13.1 Å². The molecule has 16 heavy (non-hydrogen) atoms. The maximum absolute atomic E-state index is 6.06. The van der Waals surface area contributed by atoms with Crippen LogP contribution in [0.4, 0.5) is 0 Å². The highest BCUT2D eigenvalue weighted by Gasteiger charge is 1.97. The average molecular weight is 241 g/mol. The van der Waals surface area contributed by atoms with Gasteiger partial charge in [-0.25, -0.2) is 0 Å². The van der Waals surface area contributed by atoms with Crippen molar-refractivity contribution in [3.63, 3.8) is 0 Å². The molecule has 3 heteroatoms. The van der Waals surface area contributed by atoms with Gasteiger partial charge in [0.1, 0.15) is 0 Å². The second-order valence-corrected chi connectivity index (χ2v) is 4.78. The van der Waals surface area contributed by atoms with Gasteiger partial charge in [-0.05, 0) is 24.1 Å². The maximum atomic E-state index is 6.06. The first-order valence-electron chi connectivity index (χ1n) is 5.78. The highest BCUT2D eigenvalue weighted by molar-refractivity contribution is 6.31. The van der Waals surface area contributed by atoms with Crippen LogP contribution in [0, 0.1) is 6.92 Å². The van der Waals surface area contributed by atoms with E-state index in [0.717, 1.165) is 30.2 Å². The number of aryl methyl sites for hydroxylation is 1. The molecule has 1 rings (SSSR count). The predicted molar refractivity (Wildman–Crippen MR) is 71.0 cm³/mol. The Kier molecular flexibility index (Phi) is 5.81. The molecule has 2 nitrogen and oxygen atoms in total. The first kappa shape index (κ1) is 13.5. The summed E-state index contributed by atoms with van der Waals surface area (Å²) in [5, 5.41) is 7.59. The van der Waals surface area contributed by atoms with Gasteiger partial charge in [-0.3, -0.25) is 0 Å². The van der Waals surface area contributed by atoms with Crippen molar-refractivity contribution in [2.45, 2.75) is 33.4 Å². The lowest BCUT2D eigenvalue weighted by Crippen LogP contribution is -2.31. The summed E-state index contributed by atoms with van der Waals surface area (Å²) in [6.45, 7) is 9.17. The summed E-state index contributed by atoms with van der Waals surface area (Å²) in [4.78, 5) is 0. The molecule has 0 aromatic heterocycles. The first-order valence-corrected chi connectivity index (χ1v) is 6.16. The van der Waals surface area contributed by atoms with Crippen LogP contribution < -0.4 is 10.6 Å². The van der Waals surface area contributed by atoms with Crippen molar-refractivity contribution in [3.05, 3.63) is 34.3 Å². The third-order valence-corrected chi connectivity index (χ3v) is 2.83. The SMILES string of the molecule is Cc1ccc(CNCCNC(C)C)cc1Cl. The normalized spacial score (nSPS) is 11.1. The Morgan fingerprint density at radius 2 is 2.00 bits per heavy atom. The molecule has 0 radical (unpaired) electrons. The van der Waals surface area contributed by atoms with Crippen molar-refractivity contribution >= 4 is 11.6 Å². The van der Waals surface area contributed by atoms with Gasteiger partial charge in [-0.15, -0.1) is 0 Å². The van der Waals surface area contributed by atoms with E-state index in [0.29, 0.717) is 6.04 Å². The molecule has 0 aliphatic heterocycles. The van der Waals surface area contributed by atoms with E-state index in [4.69, 9.17) is 11.6 Å². The van der Waals surface area contributed by atoms with Crippen LogP contribution in [0.25, 0.3) is 0 Å². The molecule has 0 bridgehead atoms. The number of halogens is 1. The highest BCUT2D eigenvalue weighted by atomic mass is 35.5. The quantitative estimate of drug-likeness (QED) is 0.748. The molecule has 0 spiro atoms. The molecule has 2 N–H and O–H groups in total. The van der Waals surface area contributed by atoms with Gasteiger partial charge in [-0.2, -0.15) is 0 Å². The molecular weight excluding hydrogens is 220 g/mol. The lowest BCUT2D eigenvalue weighted by atomic mass is 10.1. The number of hydrogen-bond acceptors (Lipinski definition) is 2. The molecule has 0 fully saturated rings. The van der Waals surface area contributed by atoms with Gasteiger partial charge in [0.25, 0.3) is 0 Å². The summed E-state index contributed by atoms with van der Waals surface area (Å²) >= 11 is 6.06. The van der Waals surface area contributed by atoms with E-state index in [-0.39, 0.29) is 0 Å². The minimum absolute atomic E-state index is 0.551. The van der Waals surface area contributed by atoms with Gasteiger partial charge in [0.2, 0.25) is 0 Å². The van der Waals surface area contributed by atoms with Crippen LogP contribution in [0.2, 0.25) is 5.02 Å². The van der Waals surface area contributed by atoms with Crippen LogP contribution in [0.15, 0.2) is 18.2 Å². The summed E-state index contributed by atoms with van der Waals surface area (Å²) in [5.74, 6) is 0.